The summed E-state index contributed by atoms with van der Waals surface area (Å²) in [4.78, 5) is 38.0. The zero-order chi connectivity index (χ0) is 25.5. The third-order valence-electron chi connectivity index (χ3n) is 5.56. The van der Waals surface area contributed by atoms with Gasteiger partial charge in [-0.3, -0.25) is 14.5 Å². The second-order valence-corrected chi connectivity index (χ2v) is 9.03. The van der Waals surface area contributed by atoms with Crippen molar-refractivity contribution in [2.45, 2.75) is 46.3 Å². The topological polar surface area (TPSA) is 93.1 Å². The molecule has 7 nitrogen and oxygen atoms in total. The maximum absolute atomic E-state index is 12.8. The van der Waals surface area contributed by atoms with Gasteiger partial charge in [-0.2, -0.15) is 0 Å². The van der Waals surface area contributed by atoms with Crippen LogP contribution in [0.2, 0.25) is 0 Å². The van der Waals surface area contributed by atoms with E-state index < -0.39 is 5.97 Å². The van der Waals surface area contributed by atoms with E-state index in [0.29, 0.717) is 35.9 Å². The molecule has 1 atom stereocenters. The Bertz CT molecular complexity index is 1160. The number of hydrogen-bond donors (Lipinski definition) is 1. The molecule has 1 saturated heterocycles. The number of carboxylic acid groups (broad SMARTS) is 1. The molecule has 184 valence electrons. The zero-order valence-corrected chi connectivity index (χ0v) is 20.9. The largest absolute Gasteiger partial charge is 0.490 e. The summed E-state index contributed by atoms with van der Waals surface area (Å²) in [5.74, 6) is -0.204. The highest BCUT2D eigenvalue weighted by molar-refractivity contribution is 8.18. The molecular formula is C27H29NO6S. The molecule has 8 heteroatoms. The Balaban J connectivity index is 1.92. The fourth-order valence-electron chi connectivity index (χ4n) is 3.59. The van der Waals surface area contributed by atoms with Gasteiger partial charge in [0, 0.05) is 11.6 Å². The second-order valence-electron chi connectivity index (χ2n) is 8.03. The Hall–Kier alpha value is -3.52. The van der Waals surface area contributed by atoms with Crippen LogP contribution < -0.4 is 9.47 Å². The summed E-state index contributed by atoms with van der Waals surface area (Å²) in [6, 6.07) is 10.00. The lowest BCUT2D eigenvalue weighted by atomic mass is 10.0. The van der Waals surface area contributed by atoms with Crippen molar-refractivity contribution < 1.29 is 29.0 Å². The van der Waals surface area contributed by atoms with Crippen molar-refractivity contribution in [3.63, 3.8) is 0 Å². The molecule has 0 unspecified atom stereocenters. The average Bonchev–Trinajstić information content (AvgIpc) is 3.11. The van der Waals surface area contributed by atoms with Crippen molar-refractivity contribution in [2.24, 2.45) is 0 Å². The Kier molecular flexibility index (Phi) is 8.76. The molecule has 35 heavy (non-hydrogen) atoms. The van der Waals surface area contributed by atoms with Crippen molar-refractivity contribution in [3.8, 4) is 11.5 Å². The minimum Gasteiger partial charge on any atom is -0.490 e. The first-order valence-electron chi connectivity index (χ1n) is 11.4. The molecule has 2 aromatic carbocycles. The van der Waals surface area contributed by atoms with Crippen molar-refractivity contribution in [1.29, 1.82) is 0 Å². The molecule has 0 saturated carbocycles. The summed E-state index contributed by atoms with van der Waals surface area (Å²) < 4.78 is 12.0. The van der Waals surface area contributed by atoms with Gasteiger partial charge in [0.05, 0.1) is 17.1 Å². The predicted molar refractivity (Wildman–Crippen MR) is 137 cm³/mol. The van der Waals surface area contributed by atoms with Gasteiger partial charge in [-0.25, -0.2) is 4.79 Å². The number of carbonyl (C=O) groups excluding carboxylic acids is 2. The molecular weight excluding hydrogens is 466 g/mol. The van der Waals surface area contributed by atoms with E-state index in [-0.39, 0.29) is 29.4 Å². The van der Waals surface area contributed by atoms with Gasteiger partial charge in [0.2, 0.25) is 0 Å². The molecule has 1 heterocycles. The fraction of sp³-hybridized carbons (Fsp3) is 0.296. The van der Waals surface area contributed by atoms with Gasteiger partial charge in [-0.1, -0.05) is 25.1 Å². The molecule has 1 aliphatic heterocycles. The number of thioether (sulfide) groups is 1. The number of imide groups is 1. The monoisotopic (exact) mass is 495 g/mol. The van der Waals surface area contributed by atoms with Crippen LogP contribution in [0.25, 0.3) is 6.08 Å². The van der Waals surface area contributed by atoms with Gasteiger partial charge >= 0.3 is 5.97 Å². The maximum atomic E-state index is 12.8. The SMILES string of the molecule is C=CCc1cc(/C=C2/SC(=O)N([C@@H](C)CC)C2=O)cc(OCC)c1OCc1ccc(C(=O)O)cc1. The highest BCUT2D eigenvalue weighted by Gasteiger charge is 2.37. The molecule has 0 bridgehead atoms. The molecule has 2 aromatic rings. The Morgan fingerprint density at radius 1 is 1.17 bits per heavy atom. The number of hydrogen-bond acceptors (Lipinski definition) is 6. The molecule has 3 rings (SSSR count). The number of nitrogens with zero attached hydrogens (tertiary/aromatic N) is 1. The van der Waals surface area contributed by atoms with Gasteiger partial charge in [-0.15, -0.1) is 6.58 Å². The van der Waals surface area contributed by atoms with Crippen LogP contribution >= 0.6 is 11.8 Å². The van der Waals surface area contributed by atoms with E-state index in [1.54, 1.807) is 30.4 Å². The highest BCUT2D eigenvalue weighted by Crippen LogP contribution is 2.38. The van der Waals surface area contributed by atoms with Crippen molar-refractivity contribution in [3.05, 3.63) is 76.2 Å². The highest BCUT2D eigenvalue weighted by atomic mass is 32.2. The van der Waals surface area contributed by atoms with Crippen LogP contribution in [-0.4, -0.2) is 39.8 Å². The van der Waals surface area contributed by atoms with Gasteiger partial charge in [0.1, 0.15) is 6.61 Å². The second kappa shape index (κ2) is 11.8. The number of carbonyl (C=O) groups is 3. The molecule has 0 radical (unpaired) electrons. The number of aromatic carboxylic acids is 1. The number of carboxylic acids is 1. The number of ether oxygens (including phenoxy) is 2. The molecule has 2 amide bonds. The van der Waals surface area contributed by atoms with Crippen LogP contribution in [0.5, 0.6) is 11.5 Å². The van der Waals surface area contributed by atoms with E-state index in [2.05, 4.69) is 6.58 Å². The van der Waals surface area contributed by atoms with Crippen LogP contribution in [0, 0.1) is 0 Å². The fourth-order valence-corrected chi connectivity index (χ4v) is 4.52. The number of benzene rings is 2. The third-order valence-corrected chi connectivity index (χ3v) is 6.44. The number of amides is 2. The molecule has 1 aliphatic rings. The Morgan fingerprint density at radius 2 is 1.89 bits per heavy atom. The summed E-state index contributed by atoms with van der Waals surface area (Å²) in [7, 11) is 0. The first-order chi connectivity index (χ1) is 16.8. The molecule has 1 fully saturated rings. The summed E-state index contributed by atoms with van der Waals surface area (Å²) in [6.45, 7) is 10.1. The average molecular weight is 496 g/mol. The van der Waals surface area contributed by atoms with Gasteiger partial charge in [0.15, 0.2) is 11.5 Å². The van der Waals surface area contributed by atoms with E-state index >= 15 is 0 Å². The summed E-state index contributed by atoms with van der Waals surface area (Å²) in [5, 5.41) is 8.82. The smallest absolute Gasteiger partial charge is 0.335 e. The van der Waals surface area contributed by atoms with Gasteiger partial charge in [-0.05, 0) is 79.9 Å². The van der Waals surface area contributed by atoms with E-state index in [0.717, 1.165) is 28.5 Å². The minimum absolute atomic E-state index is 0.163. The lowest BCUT2D eigenvalue weighted by Crippen LogP contribution is -2.36. The lowest BCUT2D eigenvalue weighted by molar-refractivity contribution is -0.124. The van der Waals surface area contributed by atoms with Crippen molar-refractivity contribution >= 4 is 35.0 Å². The quantitative estimate of drug-likeness (QED) is 0.305. The van der Waals surface area contributed by atoms with Crippen LogP contribution in [0.4, 0.5) is 4.79 Å². The van der Waals surface area contributed by atoms with Crippen molar-refractivity contribution in [2.75, 3.05) is 6.61 Å². The van der Waals surface area contributed by atoms with Crippen LogP contribution in [0.15, 0.2) is 54.0 Å². The van der Waals surface area contributed by atoms with Gasteiger partial charge in [0.25, 0.3) is 11.1 Å². The van der Waals surface area contributed by atoms with Crippen LogP contribution in [0.1, 0.15) is 54.2 Å². The van der Waals surface area contributed by atoms with E-state index in [4.69, 9.17) is 14.6 Å². The number of rotatable bonds is 11. The summed E-state index contributed by atoms with van der Waals surface area (Å²) in [6.07, 6.45) is 4.65. The Morgan fingerprint density at radius 3 is 2.49 bits per heavy atom. The first-order valence-corrected chi connectivity index (χ1v) is 12.2. The third kappa shape index (κ3) is 6.14. The van der Waals surface area contributed by atoms with Crippen LogP contribution in [-0.2, 0) is 17.8 Å². The molecule has 1 N–H and O–H groups in total. The Labute approximate surface area is 209 Å². The zero-order valence-electron chi connectivity index (χ0n) is 20.1. The minimum atomic E-state index is -0.984. The predicted octanol–water partition coefficient (Wildman–Crippen LogP) is 5.93. The normalized spacial score (nSPS) is 15.4. The molecule has 0 aromatic heterocycles. The summed E-state index contributed by atoms with van der Waals surface area (Å²) >= 11 is 0.938. The molecule has 0 spiro atoms. The van der Waals surface area contributed by atoms with Gasteiger partial charge < -0.3 is 14.6 Å². The standard InChI is InChI=1S/C27H29NO6S/c1-5-8-21-13-19(15-23-25(29)28(17(4)6-2)27(32)35-23)14-22(33-7-3)24(21)34-16-18-9-11-20(12-10-18)26(30)31/h5,9-15,17H,1,6-8,16H2,2-4H3,(H,30,31)/b23-15+/t17-/m0/s1. The van der Waals surface area contributed by atoms with E-state index in [1.165, 1.54) is 17.0 Å². The summed E-state index contributed by atoms with van der Waals surface area (Å²) in [5.41, 5.74) is 2.56. The van der Waals surface area contributed by atoms with Crippen LogP contribution in [0.3, 0.4) is 0 Å². The van der Waals surface area contributed by atoms with E-state index in [9.17, 15) is 14.4 Å². The van der Waals surface area contributed by atoms with E-state index in [1.807, 2.05) is 26.8 Å². The number of allylic oxidation sites excluding steroid dienone is 1. The maximum Gasteiger partial charge on any atom is 0.335 e. The van der Waals surface area contributed by atoms with Crippen molar-refractivity contribution in [1.82, 2.24) is 4.90 Å². The molecule has 0 aliphatic carbocycles. The first kappa shape index (κ1) is 26.1. The lowest BCUT2D eigenvalue weighted by Gasteiger charge is -2.19.